The second-order valence-corrected chi connectivity index (χ2v) is 7.16. The lowest BCUT2D eigenvalue weighted by molar-refractivity contribution is -0.120. The summed E-state index contributed by atoms with van der Waals surface area (Å²) in [4.78, 5) is 11.9. The Hall–Kier alpha value is -2.36. The standard InChI is InChI=1S/C21H27FN2O/c1-21(2,3)17-9-5-7-11-19(17)23-15-13-20(25)24-14-12-16-8-4-6-10-18(16)22/h4-11,23H,12-15H2,1-3H3,(H,24,25). The van der Waals surface area contributed by atoms with Gasteiger partial charge in [0.2, 0.25) is 5.91 Å². The van der Waals surface area contributed by atoms with Gasteiger partial charge >= 0.3 is 0 Å². The lowest BCUT2D eigenvalue weighted by Crippen LogP contribution is -2.27. The van der Waals surface area contributed by atoms with Crippen LogP contribution in [0.2, 0.25) is 0 Å². The molecule has 2 aromatic rings. The van der Waals surface area contributed by atoms with Crippen LogP contribution in [0.5, 0.6) is 0 Å². The van der Waals surface area contributed by atoms with E-state index in [0.29, 0.717) is 31.5 Å². The van der Waals surface area contributed by atoms with E-state index in [9.17, 15) is 9.18 Å². The average molecular weight is 342 g/mol. The molecule has 0 heterocycles. The number of benzene rings is 2. The minimum absolute atomic E-state index is 0.0305. The van der Waals surface area contributed by atoms with Gasteiger partial charge in [0.1, 0.15) is 5.82 Å². The Bertz CT molecular complexity index is 707. The molecule has 1 amide bonds. The monoisotopic (exact) mass is 342 g/mol. The molecule has 0 aliphatic heterocycles. The van der Waals surface area contributed by atoms with Gasteiger partial charge in [0, 0.05) is 25.2 Å². The van der Waals surface area contributed by atoms with Crippen LogP contribution in [0.25, 0.3) is 0 Å². The fourth-order valence-corrected chi connectivity index (χ4v) is 2.73. The van der Waals surface area contributed by atoms with Crippen molar-refractivity contribution in [3.63, 3.8) is 0 Å². The Labute approximate surface area is 149 Å². The van der Waals surface area contributed by atoms with Gasteiger partial charge in [0.05, 0.1) is 0 Å². The summed E-state index contributed by atoms with van der Waals surface area (Å²) in [6.45, 7) is 7.52. The zero-order chi connectivity index (χ0) is 18.3. The summed E-state index contributed by atoms with van der Waals surface area (Å²) < 4.78 is 13.5. The Morgan fingerprint density at radius 3 is 2.40 bits per heavy atom. The zero-order valence-electron chi connectivity index (χ0n) is 15.2. The Balaban J connectivity index is 1.75. The first kappa shape index (κ1) is 19.0. The topological polar surface area (TPSA) is 41.1 Å². The number of nitrogens with one attached hydrogen (secondary N) is 2. The molecule has 134 valence electrons. The third-order valence-corrected chi connectivity index (χ3v) is 4.08. The average Bonchev–Trinajstić information content (AvgIpc) is 2.56. The highest BCUT2D eigenvalue weighted by Gasteiger charge is 2.17. The van der Waals surface area contributed by atoms with Crippen LogP contribution in [0.4, 0.5) is 10.1 Å². The molecule has 0 aliphatic rings. The summed E-state index contributed by atoms with van der Waals surface area (Å²) in [5.74, 6) is -0.255. The molecule has 25 heavy (non-hydrogen) atoms. The molecule has 0 aliphatic carbocycles. The van der Waals surface area contributed by atoms with Gasteiger partial charge in [-0.2, -0.15) is 0 Å². The summed E-state index contributed by atoms with van der Waals surface area (Å²) in [7, 11) is 0. The minimum Gasteiger partial charge on any atom is -0.384 e. The van der Waals surface area contributed by atoms with Crippen LogP contribution in [-0.2, 0) is 16.6 Å². The molecule has 0 aromatic heterocycles. The van der Waals surface area contributed by atoms with Gasteiger partial charge in [-0.25, -0.2) is 4.39 Å². The molecule has 0 radical (unpaired) electrons. The molecular weight excluding hydrogens is 315 g/mol. The first-order valence-corrected chi connectivity index (χ1v) is 8.71. The number of anilines is 1. The molecule has 2 aromatic carbocycles. The number of carbonyl (C=O) groups is 1. The molecule has 0 saturated heterocycles. The fraction of sp³-hybridized carbons (Fsp3) is 0.381. The molecular formula is C21H27FN2O. The van der Waals surface area contributed by atoms with Crippen LogP contribution >= 0.6 is 0 Å². The maximum absolute atomic E-state index is 13.5. The van der Waals surface area contributed by atoms with E-state index >= 15 is 0 Å². The Morgan fingerprint density at radius 2 is 1.68 bits per heavy atom. The Kier molecular flexibility index (Phi) is 6.57. The first-order valence-electron chi connectivity index (χ1n) is 8.71. The molecule has 0 unspecified atom stereocenters. The summed E-state index contributed by atoms with van der Waals surface area (Å²) >= 11 is 0. The summed E-state index contributed by atoms with van der Waals surface area (Å²) in [5, 5.41) is 6.19. The van der Waals surface area contributed by atoms with E-state index in [4.69, 9.17) is 0 Å². The maximum atomic E-state index is 13.5. The van der Waals surface area contributed by atoms with E-state index in [1.807, 2.05) is 18.2 Å². The van der Waals surface area contributed by atoms with Crippen molar-refractivity contribution in [2.75, 3.05) is 18.4 Å². The van der Waals surface area contributed by atoms with E-state index < -0.39 is 0 Å². The van der Waals surface area contributed by atoms with Crippen molar-refractivity contribution in [1.29, 1.82) is 0 Å². The normalized spacial score (nSPS) is 11.2. The number of hydrogen-bond acceptors (Lipinski definition) is 2. The number of para-hydroxylation sites is 1. The van der Waals surface area contributed by atoms with E-state index in [1.165, 1.54) is 11.6 Å². The number of amides is 1. The highest BCUT2D eigenvalue weighted by Crippen LogP contribution is 2.29. The summed E-state index contributed by atoms with van der Waals surface area (Å²) in [5.41, 5.74) is 2.97. The van der Waals surface area contributed by atoms with Crippen molar-refractivity contribution in [2.45, 2.75) is 39.0 Å². The quantitative estimate of drug-likeness (QED) is 0.788. The number of halogens is 1. The largest absolute Gasteiger partial charge is 0.384 e. The SMILES string of the molecule is CC(C)(C)c1ccccc1NCCC(=O)NCCc1ccccc1F. The predicted molar refractivity (Wildman–Crippen MR) is 101 cm³/mol. The van der Waals surface area contributed by atoms with Gasteiger partial charge < -0.3 is 10.6 Å². The van der Waals surface area contributed by atoms with Crippen LogP contribution in [0.1, 0.15) is 38.3 Å². The molecule has 0 saturated carbocycles. The van der Waals surface area contributed by atoms with Crippen LogP contribution in [-0.4, -0.2) is 19.0 Å². The van der Waals surface area contributed by atoms with Crippen molar-refractivity contribution in [2.24, 2.45) is 0 Å². The fourth-order valence-electron chi connectivity index (χ4n) is 2.73. The van der Waals surface area contributed by atoms with Gasteiger partial charge in [0.25, 0.3) is 0 Å². The van der Waals surface area contributed by atoms with Crippen LogP contribution in [0.3, 0.4) is 0 Å². The predicted octanol–water partition coefficient (Wildman–Crippen LogP) is 4.28. The second kappa shape index (κ2) is 8.65. The van der Waals surface area contributed by atoms with Crippen molar-refractivity contribution < 1.29 is 9.18 Å². The molecule has 0 atom stereocenters. The highest BCUT2D eigenvalue weighted by molar-refractivity contribution is 5.76. The third kappa shape index (κ3) is 5.89. The van der Waals surface area contributed by atoms with Crippen molar-refractivity contribution >= 4 is 11.6 Å². The minimum atomic E-state index is -0.225. The van der Waals surface area contributed by atoms with Crippen LogP contribution < -0.4 is 10.6 Å². The highest BCUT2D eigenvalue weighted by atomic mass is 19.1. The molecule has 4 heteroatoms. The molecule has 0 spiro atoms. The third-order valence-electron chi connectivity index (χ3n) is 4.08. The lowest BCUT2D eigenvalue weighted by atomic mass is 9.86. The Morgan fingerprint density at radius 1 is 1.00 bits per heavy atom. The van der Waals surface area contributed by atoms with Crippen LogP contribution in [0, 0.1) is 5.82 Å². The van der Waals surface area contributed by atoms with Crippen molar-refractivity contribution in [1.82, 2.24) is 5.32 Å². The van der Waals surface area contributed by atoms with Gasteiger partial charge in [-0.3, -0.25) is 4.79 Å². The molecule has 2 N–H and O–H groups in total. The number of carbonyl (C=O) groups excluding carboxylic acids is 1. The first-order chi connectivity index (χ1) is 11.9. The lowest BCUT2D eigenvalue weighted by Gasteiger charge is -2.23. The molecule has 0 fully saturated rings. The summed E-state index contributed by atoms with van der Waals surface area (Å²) in [6.07, 6.45) is 0.883. The van der Waals surface area contributed by atoms with Gasteiger partial charge in [0.15, 0.2) is 0 Å². The van der Waals surface area contributed by atoms with Gasteiger partial charge in [-0.1, -0.05) is 57.2 Å². The second-order valence-electron chi connectivity index (χ2n) is 7.16. The van der Waals surface area contributed by atoms with E-state index in [2.05, 4.69) is 37.5 Å². The van der Waals surface area contributed by atoms with Crippen molar-refractivity contribution in [3.05, 3.63) is 65.5 Å². The molecule has 2 rings (SSSR count). The molecule has 0 bridgehead atoms. The number of hydrogen-bond donors (Lipinski definition) is 2. The number of rotatable bonds is 7. The maximum Gasteiger partial charge on any atom is 0.221 e. The van der Waals surface area contributed by atoms with Crippen LogP contribution in [0.15, 0.2) is 48.5 Å². The van der Waals surface area contributed by atoms with E-state index in [0.717, 1.165) is 5.69 Å². The van der Waals surface area contributed by atoms with Crippen molar-refractivity contribution in [3.8, 4) is 0 Å². The van der Waals surface area contributed by atoms with E-state index in [-0.39, 0.29) is 17.1 Å². The smallest absolute Gasteiger partial charge is 0.221 e. The van der Waals surface area contributed by atoms with Gasteiger partial charge in [-0.15, -0.1) is 0 Å². The summed E-state index contributed by atoms with van der Waals surface area (Å²) in [6, 6.07) is 14.8. The van der Waals surface area contributed by atoms with Gasteiger partial charge in [-0.05, 0) is 35.1 Å². The molecule has 3 nitrogen and oxygen atoms in total. The zero-order valence-corrected chi connectivity index (χ0v) is 15.2. The van der Waals surface area contributed by atoms with E-state index in [1.54, 1.807) is 18.2 Å².